The molecule has 1 unspecified atom stereocenters. The van der Waals surface area contributed by atoms with E-state index in [1.807, 2.05) is 6.26 Å². The Balaban J connectivity index is 2.71. The Hall–Kier alpha value is 0.0700. The fraction of sp³-hybridized carbons (Fsp3) is 0.625. The fourth-order valence-electron chi connectivity index (χ4n) is 1.02. The van der Waals surface area contributed by atoms with Gasteiger partial charge in [-0.05, 0) is 12.5 Å². The highest BCUT2D eigenvalue weighted by atomic mass is 32.2. The lowest BCUT2D eigenvalue weighted by atomic mass is 10.3. The lowest BCUT2D eigenvalue weighted by Gasteiger charge is -2.17. The second-order valence-electron chi connectivity index (χ2n) is 2.34. The van der Waals surface area contributed by atoms with Crippen molar-refractivity contribution in [1.82, 2.24) is 0 Å². The number of aliphatic imine (C=N–C) groups is 1. The molecule has 0 aromatic rings. The lowest BCUT2D eigenvalue weighted by molar-refractivity contribution is 0.112. The smallest absolute Gasteiger partial charge is 0.152 e. The number of nitrogens with zero attached hydrogens (tertiary/aromatic N) is 1. The van der Waals surface area contributed by atoms with Crippen LogP contribution >= 0.6 is 23.5 Å². The van der Waals surface area contributed by atoms with Gasteiger partial charge in [0.25, 0.3) is 0 Å². The third-order valence-corrected chi connectivity index (χ3v) is 3.30. The van der Waals surface area contributed by atoms with Crippen LogP contribution < -0.4 is 0 Å². The molecule has 1 atom stereocenters. The van der Waals surface area contributed by atoms with Crippen molar-refractivity contribution in [3.8, 4) is 0 Å². The maximum atomic E-state index is 5.16. The van der Waals surface area contributed by atoms with Crippen LogP contribution in [0.4, 0.5) is 0 Å². The predicted octanol–water partition coefficient (Wildman–Crippen LogP) is 2.37. The summed E-state index contributed by atoms with van der Waals surface area (Å²) in [6, 6.07) is 0. The van der Waals surface area contributed by atoms with Gasteiger partial charge in [0, 0.05) is 18.4 Å². The van der Waals surface area contributed by atoms with Crippen LogP contribution in [0.3, 0.4) is 0 Å². The van der Waals surface area contributed by atoms with E-state index in [2.05, 4.69) is 17.3 Å². The van der Waals surface area contributed by atoms with Crippen molar-refractivity contribution in [2.45, 2.75) is 12.6 Å². The Morgan fingerprint density at radius 3 is 2.75 bits per heavy atom. The minimum absolute atomic E-state index is 0.0309. The molecule has 0 bridgehead atoms. The normalized spacial score (nSPS) is 23.4. The molecule has 0 aliphatic carbocycles. The van der Waals surface area contributed by atoms with Gasteiger partial charge in [-0.25, -0.2) is 4.99 Å². The van der Waals surface area contributed by atoms with E-state index < -0.39 is 0 Å². The molecular formula is C8H13NOS2. The minimum Gasteiger partial charge on any atom is -0.359 e. The topological polar surface area (TPSA) is 21.6 Å². The summed E-state index contributed by atoms with van der Waals surface area (Å²) in [4.78, 5) is 5.71. The van der Waals surface area contributed by atoms with Crippen LogP contribution in [0.15, 0.2) is 16.0 Å². The van der Waals surface area contributed by atoms with E-state index in [1.165, 1.54) is 4.91 Å². The van der Waals surface area contributed by atoms with Crippen LogP contribution in [0, 0.1) is 0 Å². The first-order valence-corrected chi connectivity index (χ1v) is 6.16. The molecule has 0 fully saturated rings. The molecule has 1 rings (SSSR count). The molecule has 2 nitrogen and oxygen atoms in total. The predicted molar refractivity (Wildman–Crippen MR) is 58.0 cm³/mol. The average molecular weight is 203 g/mol. The zero-order valence-corrected chi connectivity index (χ0v) is 9.17. The Morgan fingerprint density at radius 1 is 1.50 bits per heavy atom. The number of hydrogen-bond acceptors (Lipinski definition) is 4. The van der Waals surface area contributed by atoms with Crippen LogP contribution in [0.2, 0.25) is 0 Å². The van der Waals surface area contributed by atoms with Gasteiger partial charge in [-0.1, -0.05) is 6.08 Å². The van der Waals surface area contributed by atoms with Crippen molar-refractivity contribution in [1.29, 1.82) is 0 Å². The molecule has 1 aliphatic heterocycles. The molecule has 1 aliphatic rings. The van der Waals surface area contributed by atoms with Gasteiger partial charge in [-0.15, -0.1) is 23.5 Å². The summed E-state index contributed by atoms with van der Waals surface area (Å²) in [7, 11) is 1.70. The highest BCUT2D eigenvalue weighted by Gasteiger charge is 2.14. The van der Waals surface area contributed by atoms with Crippen LogP contribution in [0.1, 0.15) is 6.42 Å². The second kappa shape index (κ2) is 4.94. The molecule has 0 saturated carbocycles. The van der Waals surface area contributed by atoms with Crippen LogP contribution in [-0.2, 0) is 4.74 Å². The lowest BCUT2D eigenvalue weighted by Crippen LogP contribution is -2.14. The number of ether oxygens (including phenoxy) is 1. The average Bonchev–Trinajstić information content (AvgIpc) is 2.16. The summed E-state index contributed by atoms with van der Waals surface area (Å²) in [6.07, 6.45) is 7.24. The Bertz CT molecular complexity index is 213. The van der Waals surface area contributed by atoms with E-state index in [1.54, 1.807) is 30.6 Å². The largest absolute Gasteiger partial charge is 0.359 e. The first-order chi connectivity index (χ1) is 5.81. The van der Waals surface area contributed by atoms with Crippen molar-refractivity contribution in [3.63, 3.8) is 0 Å². The Labute approximate surface area is 81.9 Å². The van der Waals surface area contributed by atoms with Gasteiger partial charge < -0.3 is 4.74 Å². The van der Waals surface area contributed by atoms with Crippen molar-refractivity contribution in [2.24, 2.45) is 4.99 Å². The molecule has 4 heteroatoms. The van der Waals surface area contributed by atoms with E-state index in [4.69, 9.17) is 4.74 Å². The van der Waals surface area contributed by atoms with E-state index in [9.17, 15) is 0 Å². The van der Waals surface area contributed by atoms with Crippen LogP contribution in [0.5, 0.6) is 0 Å². The molecule has 1 heterocycles. The molecular weight excluding hydrogens is 190 g/mol. The van der Waals surface area contributed by atoms with E-state index >= 15 is 0 Å². The fourth-order valence-corrected chi connectivity index (χ4v) is 2.51. The van der Waals surface area contributed by atoms with Crippen molar-refractivity contribution in [3.05, 3.63) is 11.0 Å². The molecule has 0 aromatic heterocycles. The van der Waals surface area contributed by atoms with Gasteiger partial charge >= 0.3 is 0 Å². The Morgan fingerprint density at radius 2 is 2.25 bits per heavy atom. The Kier molecular flexibility index (Phi) is 4.18. The first-order valence-electron chi connectivity index (χ1n) is 3.71. The molecule has 0 aromatic carbocycles. The van der Waals surface area contributed by atoms with Crippen molar-refractivity contribution in [2.75, 3.05) is 19.6 Å². The van der Waals surface area contributed by atoms with Crippen molar-refractivity contribution < 1.29 is 4.74 Å². The highest BCUT2D eigenvalue weighted by molar-refractivity contribution is 8.17. The van der Waals surface area contributed by atoms with Gasteiger partial charge in [0.05, 0.1) is 0 Å². The summed E-state index contributed by atoms with van der Waals surface area (Å²) in [6.45, 7) is 0. The molecule has 0 N–H and O–H groups in total. The first kappa shape index (κ1) is 10.2. The molecule has 68 valence electrons. The highest BCUT2D eigenvalue weighted by Crippen LogP contribution is 2.26. The van der Waals surface area contributed by atoms with Crippen LogP contribution in [0.25, 0.3) is 0 Å². The summed E-state index contributed by atoms with van der Waals surface area (Å²) in [5.41, 5.74) is 0. The van der Waals surface area contributed by atoms with Crippen molar-refractivity contribution >= 4 is 28.6 Å². The molecule has 0 spiro atoms. The molecule has 0 radical (unpaired) electrons. The second-order valence-corrected chi connectivity index (χ2v) is 3.98. The third kappa shape index (κ3) is 2.28. The molecule has 12 heavy (non-hydrogen) atoms. The molecule has 0 saturated heterocycles. The van der Waals surface area contributed by atoms with E-state index in [0.29, 0.717) is 0 Å². The zero-order valence-electron chi connectivity index (χ0n) is 7.53. The number of thioether (sulfide) groups is 2. The van der Waals surface area contributed by atoms with Gasteiger partial charge in [-0.2, -0.15) is 0 Å². The summed E-state index contributed by atoms with van der Waals surface area (Å²) >= 11 is 3.42. The van der Waals surface area contributed by atoms with Gasteiger partial charge in [0.1, 0.15) is 5.04 Å². The maximum Gasteiger partial charge on any atom is 0.152 e. The monoisotopic (exact) mass is 203 g/mol. The zero-order chi connectivity index (χ0) is 8.97. The summed E-state index contributed by atoms with van der Waals surface area (Å²) < 4.78 is 5.16. The number of hydrogen-bond donors (Lipinski definition) is 0. The molecule has 0 amide bonds. The minimum atomic E-state index is 0.0309. The maximum absolute atomic E-state index is 5.16. The quantitative estimate of drug-likeness (QED) is 0.687. The van der Waals surface area contributed by atoms with Gasteiger partial charge in [-0.3, -0.25) is 0 Å². The number of dihydropyridines is 1. The SMILES string of the molecule is COC1CC=C(SC)C(SC)=N1. The number of rotatable bonds is 2. The number of methoxy groups -OCH3 is 1. The van der Waals surface area contributed by atoms with Gasteiger partial charge in [0.15, 0.2) is 6.23 Å². The summed E-state index contributed by atoms with van der Waals surface area (Å²) in [5, 5.41) is 1.10. The standard InChI is InChI=1S/C8H13NOS2/c1-10-7-5-4-6(11-2)8(9-7)12-3/h4,7H,5H2,1-3H3. The third-order valence-electron chi connectivity index (χ3n) is 1.66. The van der Waals surface area contributed by atoms with E-state index in [-0.39, 0.29) is 6.23 Å². The van der Waals surface area contributed by atoms with E-state index in [0.717, 1.165) is 11.5 Å². The summed E-state index contributed by atoms with van der Waals surface area (Å²) in [5.74, 6) is 0. The van der Waals surface area contributed by atoms with Gasteiger partial charge in [0.2, 0.25) is 0 Å². The van der Waals surface area contributed by atoms with Crippen LogP contribution in [-0.4, -0.2) is 30.9 Å².